The maximum Gasteiger partial charge on any atom is 0.0871 e. The molecule has 1 atom stereocenters. The summed E-state index contributed by atoms with van der Waals surface area (Å²) in [7, 11) is 0. The molecular weight excluding hydrogens is 166 g/mol. The Bertz CT molecular complexity index is 344. The summed E-state index contributed by atoms with van der Waals surface area (Å²) >= 11 is 5.18. The molecule has 0 saturated heterocycles. The Labute approximate surface area is 77.8 Å². The zero-order valence-electron chi connectivity index (χ0n) is 7.22. The lowest BCUT2D eigenvalue weighted by Crippen LogP contribution is -2.05. The summed E-state index contributed by atoms with van der Waals surface area (Å²) in [5, 5.41) is 3.21. The molecule has 1 aromatic rings. The van der Waals surface area contributed by atoms with Crippen molar-refractivity contribution in [3.63, 3.8) is 0 Å². The van der Waals surface area contributed by atoms with Crippen LogP contribution in [0.5, 0.6) is 0 Å². The van der Waals surface area contributed by atoms with E-state index in [0.717, 1.165) is 4.99 Å². The van der Waals surface area contributed by atoms with Crippen LogP contribution in [0.2, 0.25) is 0 Å². The molecule has 1 N–H and O–H groups in total. The normalized spacial score (nSPS) is 20.5. The Morgan fingerprint density at radius 2 is 2.17 bits per heavy atom. The topological polar surface area (TPSA) is 12.0 Å². The van der Waals surface area contributed by atoms with Crippen LogP contribution in [-0.2, 0) is 0 Å². The third kappa shape index (κ3) is 1.03. The zero-order chi connectivity index (χ0) is 8.72. The van der Waals surface area contributed by atoms with Crippen LogP contribution in [0, 0.1) is 6.92 Å². The lowest BCUT2D eigenvalue weighted by molar-refractivity contribution is 1.07. The molecule has 12 heavy (non-hydrogen) atoms. The number of hydrogen-bond donors (Lipinski definition) is 1. The number of anilines is 1. The first-order chi connectivity index (χ1) is 5.68. The number of benzene rings is 1. The fourth-order valence-corrected chi connectivity index (χ4v) is 1.77. The highest BCUT2D eigenvalue weighted by molar-refractivity contribution is 7.80. The third-order valence-electron chi connectivity index (χ3n) is 2.32. The molecule has 1 aromatic carbocycles. The minimum atomic E-state index is 0.384. The van der Waals surface area contributed by atoms with Crippen LogP contribution in [0.1, 0.15) is 24.0 Å². The van der Waals surface area contributed by atoms with Gasteiger partial charge < -0.3 is 5.32 Å². The number of fused-ring (bicyclic) bond motifs is 1. The summed E-state index contributed by atoms with van der Waals surface area (Å²) in [6.45, 7) is 4.25. The maximum atomic E-state index is 5.18. The fourth-order valence-electron chi connectivity index (χ4n) is 1.54. The molecule has 0 fully saturated rings. The van der Waals surface area contributed by atoms with E-state index in [0.29, 0.717) is 5.92 Å². The van der Waals surface area contributed by atoms with Crippen molar-refractivity contribution in [1.29, 1.82) is 0 Å². The van der Waals surface area contributed by atoms with E-state index in [4.69, 9.17) is 12.2 Å². The van der Waals surface area contributed by atoms with Crippen LogP contribution < -0.4 is 5.32 Å². The SMILES string of the molecule is Cc1ccc2c(c1)C(C)C(=S)N2. The predicted molar refractivity (Wildman–Crippen MR) is 55.8 cm³/mol. The average molecular weight is 177 g/mol. The first-order valence-electron chi connectivity index (χ1n) is 4.10. The first kappa shape index (κ1) is 7.74. The molecule has 0 bridgehead atoms. The van der Waals surface area contributed by atoms with Crippen molar-refractivity contribution >= 4 is 22.9 Å². The van der Waals surface area contributed by atoms with Crippen molar-refractivity contribution in [1.82, 2.24) is 0 Å². The maximum absolute atomic E-state index is 5.18. The average Bonchev–Trinajstić information content (AvgIpc) is 2.31. The van der Waals surface area contributed by atoms with Crippen LogP contribution >= 0.6 is 12.2 Å². The molecule has 0 saturated carbocycles. The predicted octanol–water partition coefficient (Wildman–Crippen LogP) is 2.85. The standard InChI is InChI=1S/C10H11NS/c1-6-3-4-9-8(5-6)7(2)10(12)11-9/h3-5,7H,1-2H3,(H,11,12). The van der Waals surface area contributed by atoms with Gasteiger partial charge in [0.05, 0.1) is 4.99 Å². The molecule has 2 rings (SSSR count). The summed E-state index contributed by atoms with van der Waals surface area (Å²) in [5.74, 6) is 0.384. The Hall–Kier alpha value is -0.890. The summed E-state index contributed by atoms with van der Waals surface area (Å²) in [6.07, 6.45) is 0. The fraction of sp³-hybridized carbons (Fsp3) is 0.300. The second-order valence-electron chi connectivity index (χ2n) is 3.30. The summed E-state index contributed by atoms with van der Waals surface area (Å²) in [4.78, 5) is 0.940. The quantitative estimate of drug-likeness (QED) is 0.611. The highest BCUT2D eigenvalue weighted by Crippen LogP contribution is 2.33. The molecule has 1 heterocycles. The van der Waals surface area contributed by atoms with Gasteiger partial charge in [-0.3, -0.25) is 0 Å². The first-order valence-corrected chi connectivity index (χ1v) is 4.51. The molecule has 0 spiro atoms. The monoisotopic (exact) mass is 177 g/mol. The van der Waals surface area contributed by atoms with Crippen molar-refractivity contribution in [2.75, 3.05) is 5.32 Å². The molecule has 1 nitrogen and oxygen atoms in total. The number of hydrogen-bond acceptors (Lipinski definition) is 1. The van der Waals surface area contributed by atoms with E-state index in [9.17, 15) is 0 Å². The Morgan fingerprint density at radius 3 is 2.92 bits per heavy atom. The van der Waals surface area contributed by atoms with E-state index in [1.165, 1.54) is 16.8 Å². The van der Waals surface area contributed by atoms with Crippen molar-refractivity contribution in [3.05, 3.63) is 29.3 Å². The lowest BCUT2D eigenvalue weighted by Gasteiger charge is -2.02. The van der Waals surface area contributed by atoms with E-state index >= 15 is 0 Å². The molecule has 0 amide bonds. The van der Waals surface area contributed by atoms with Crippen LogP contribution in [0.4, 0.5) is 5.69 Å². The molecular formula is C10H11NS. The van der Waals surface area contributed by atoms with E-state index in [1.807, 2.05) is 0 Å². The largest absolute Gasteiger partial charge is 0.349 e. The van der Waals surface area contributed by atoms with Gasteiger partial charge in [0.1, 0.15) is 0 Å². The summed E-state index contributed by atoms with van der Waals surface area (Å²) in [5.41, 5.74) is 3.81. The smallest absolute Gasteiger partial charge is 0.0871 e. The number of rotatable bonds is 0. The highest BCUT2D eigenvalue weighted by Gasteiger charge is 2.22. The molecule has 0 aromatic heterocycles. The van der Waals surface area contributed by atoms with Crippen LogP contribution in [0.15, 0.2) is 18.2 Å². The summed E-state index contributed by atoms with van der Waals surface area (Å²) < 4.78 is 0. The van der Waals surface area contributed by atoms with Gasteiger partial charge in [-0.25, -0.2) is 0 Å². The van der Waals surface area contributed by atoms with Crippen molar-refractivity contribution in [2.45, 2.75) is 19.8 Å². The van der Waals surface area contributed by atoms with Gasteiger partial charge in [-0.15, -0.1) is 0 Å². The molecule has 0 radical (unpaired) electrons. The minimum Gasteiger partial charge on any atom is -0.349 e. The second-order valence-corrected chi connectivity index (χ2v) is 3.74. The van der Waals surface area contributed by atoms with E-state index in [2.05, 4.69) is 37.4 Å². The van der Waals surface area contributed by atoms with Gasteiger partial charge >= 0.3 is 0 Å². The number of nitrogens with one attached hydrogen (secondary N) is 1. The molecule has 2 heteroatoms. The molecule has 1 unspecified atom stereocenters. The molecule has 0 aliphatic carbocycles. The van der Waals surface area contributed by atoms with E-state index in [-0.39, 0.29) is 0 Å². The van der Waals surface area contributed by atoms with Crippen molar-refractivity contribution in [3.8, 4) is 0 Å². The zero-order valence-corrected chi connectivity index (χ0v) is 8.03. The highest BCUT2D eigenvalue weighted by atomic mass is 32.1. The molecule has 62 valence electrons. The van der Waals surface area contributed by atoms with Gasteiger partial charge in [0.2, 0.25) is 0 Å². The van der Waals surface area contributed by atoms with Crippen LogP contribution in [-0.4, -0.2) is 4.99 Å². The van der Waals surface area contributed by atoms with Gasteiger partial charge in [-0.05, 0) is 18.6 Å². The number of aryl methyl sites for hydroxylation is 1. The van der Waals surface area contributed by atoms with Crippen molar-refractivity contribution < 1.29 is 0 Å². The van der Waals surface area contributed by atoms with Gasteiger partial charge in [0.15, 0.2) is 0 Å². The van der Waals surface area contributed by atoms with E-state index in [1.54, 1.807) is 0 Å². The van der Waals surface area contributed by atoms with Gasteiger partial charge in [-0.1, -0.05) is 36.8 Å². The second kappa shape index (κ2) is 2.56. The van der Waals surface area contributed by atoms with Gasteiger partial charge in [0, 0.05) is 11.6 Å². The van der Waals surface area contributed by atoms with Crippen molar-refractivity contribution in [2.24, 2.45) is 0 Å². The molecule has 1 aliphatic rings. The van der Waals surface area contributed by atoms with Crippen LogP contribution in [0.3, 0.4) is 0 Å². The third-order valence-corrected chi connectivity index (χ3v) is 2.78. The Balaban J connectivity index is 2.55. The van der Waals surface area contributed by atoms with E-state index < -0.39 is 0 Å². The minimum absolute atomic E-state index is 0.384. The Kier molecular flexibility index (Phi) is 1.65. The van der Waals surface area contributed by atoms with Gasteiger partial charge in [-0.2, -0.15) is 0 Å². The number of thiocarbonyl (C=S) groups is 1. The molecule has 1 aliphatic heterocycles. The van der Waals surface area contributed by atoms with Gasteiger partial charge in [0.25, 0.3) is 0 Å². The Morgan fingerprint density at radius 1 is 1.42 bits per heavy atom. The summed E-state index contributed by atoms with van der Waals surface area (Å²) in [6, 6.07) is 6.40. The van der Waals surface area contributed by atoms with Crippen LogP contribution in [0.25, 0.3) is 0 Å². The lowest BCUT2D eigenvalue weighted by atomic mass is 10.0.